The van der Waals surface area contributed by atoms with Gasteiger partial charge in [-0.3, -0.25) is 18.8 Å². The van der Waals surface area contributed by atoms with Gasteiger partial charge in [0.2, 0.25) is 0 Å². The molecule has 2 heterocycles. The van der Waals surface area contributed by atoms with Gasteiger partial charge in [-0.25, -0.2) is 4.98 Å². The fourth-order valence-electron chi connectivity index (χ4n) is 3.87. The number of hydrogen-bond donors (Lipinski definition) is 4. The van der Waals surface area contributed by atoms with Gasteiger partial charge in [-0.1, -0.05) is 42.2 Å². The third-order valence-electron chi connectivity index (χ3n) is 5.91. The molecule has 2 aromatic heterocycles. The molecule has 0 bridgehead atoms. The minimum Gasteiger partial charge on any atom is -0.382 e. The Balaban J connectivity index is 0.000000285. The lowest BCUT2D eigenvalue weighted by Crippen LogP contribution is -2.29. The van der Waals surface area contributed by atoms with Gasteiger partial charge in [0.25, 0.3) is 5.56 Å². The number of rotatable bonds is 7. The fraction of sp³-hybridized carbons (Fsp3) is 0.267. The van der Waals surface area contributed by atoms with Gasteiger partial charge in [-0.15, -0.1) is 6.58 Å². The number of anilines is 2. The van der Waals surface area contributed by atoms with Crippen LogP contribution in [-0.2, 0) is 7.05 Å². The number of nitrogens with two attached hydrogens (primary N) is 1. The number of nitrogens with zero attached hydrogens (tertiary/aromatic N) is 4. The lowest BCUT2D eigenvalue weighted by atomic mass is 10.1. The summed E-state index contributed by atoms with van der Waals surface area (Å²) in [7, 11) is 3.55. The highest BCUT2D eigenvalue weighted by Crippen LogP contribution is 2.20. The molecule has 40 heavy (non-hydrogen) atoms. The lowest BCUT2D eigenvalue weighted by molar-refractivity contribution is 0.112. The van der Waals surface area contributed by atoms with Gasteiger partial charge in [0.05, 0.1) is 22.6 Å². The standard InChI is InChI=1S/C22H23N3O2.C8H12N4O/c1-15(23-4)20-24-18-12-8-9-16(13-14-22(2,3)27)19(18)21(26)25(20)17-10-6-5-7-11-17;1-3-4-10-8-6(5-13)7(9)11-12(8)2/h5-12,15,23,27H,1-4H3;3,5,10H,1,4H2,2H3,(H2,9,11). The van der Waals surface area contributed by atoms with E-state index in [0.29, 0.717) is 46.5 Å². The van der Waals surface area contributed by atoms with E-state index < -0.39 is 5.60 Å². The number of carbonyl (C=O) groups excluding carboxylic acids is 1. The minimum absolute atomic E-state index is 0.117. The molecule has 1 unspecified atom stereocenters. The van der Waals surface area contributed by atoms with Crippen LogP contribution in [0.1, 0.15) is 48.6 Å². The van der Waals surface area contributed by atoms with Crippen LogP contribution in [-0.4, -0.2) is 49.9 Å². The third kappa shape index (κ3) is 6.83. The van der Waals surface area contributed by atoms with E-state index in [-0.39, 0.29) is 17.4 Å². The van der Waals surface area contributed by atoms with Crippen LogP contribution in [0.25, 0.3) is 16.6 Å². The van der Waals surface area contributed by atoms with E-state index in [0.717, 1.165) is 5.69 Å². The lowest BCUT2D eigenvalue weighted by Gasteiger charge is -2.18. The fourth-order valence-corrected chi connectivity index (χ4v) is 3.87. The normalized spacial score (nSPS) is 11.6. The zero-order valence-electron chi connectivity index (χ0n) is 23.4. The summed E-state index contributed by atoms with van der Waals surface area (Å²) >= 11 is 0. The number of para-hydroxylation sites is 1. The second kappa shape index (κ2) is 12.9. The second-order valence-electron chi connectivity index (χ2n) is 9.52. The molecule has 4 aromatic rings. The van der Waals surface area contributed by atoms with Gasteiger partial charge < -0.3 is 21.5 Å². The van der Waals surface area contributed by atoms with Crippen LogP contribution < -0.4 is 21.9 Å². The van der Waals surface area contributed by atoms with Gasteiger partial charge in [0.15, 0.2) is 12.1 Å². The van der Waals surface area contributed by atoms with Gasteiger partial charge in [-0.2, -0.15) is 5.10 Å². The van der Waals surface area contributed by atoms with Crippen LogP contribution in [0.15, 0.2) is 66.0 Å². The average molecular weight is 542 g/mol. The summed E-state index contributed by atoms with van der Waals surface area (Å²) in [6.07, 6.45) is 2.38. The number of fused-ring (bicyclic) bond motifs is 1. The topological polar surface area (TPSA) is 140 Å². The van der Waals surface area contributed by atoms with Crippen molar-refractivity contribution in [1.82, 2.24) is 24.6 Å². The Labute approximate surface area is 233 Å². The third-order valence-corrected chi connectivity index (χ3v) is 5.91. The first-order chi connectivity index (χ1) is 19.0. The Morgan fingerprint density at radius 1 is 1.20 bits per heavy atom. The van der Waals surface area contributed by atoms with Crippen LogP contribution >= 0.6 is 0 Å². The van der Waals surface area contributed by atoms with Crippen LogP contribution in [0.2, 0.25) is 0 Å². The monoisotopic (exact) mass is 541 g/mol. The molecule has 4 rings (SSSR count). The molecule has 10 heteroatoms. The van der Waals surface area contributed by atoms with Gasteiger partial charge in [0, 0.05) is 19.2 Å². The second-order valence-corrected chi connectivity index (χ2v) is 9.52. The van der Waals surface area contributed by atoms with Crippen LogP contribution in [0.5, 0.6) is 0 Å². The van der Waals surface area contributed by atoms with Crippen molar-refractivity contribution in [2.24, 2.45) is 7.05 Å². The molecular weight excluding hydrogens is 506 g/mol. The maximum atomic E-state index is 13.5. The van der Waals surface area contributed by atoms with E-state index in [1.807, 2.05) is 56.4 Å². The molecule has 0 amide bonds. The van der Waals surface area contributed by atoms with Crippen molar-refractivity contribution >= 4 is 28.8 Å². The van der Waals surface area contributed by atoms with Crippen molar-refractivity contribution in [3.63, 3.8) is 0 Å². The van der Waals surface area contributed by atoms with E-state index in [1.54, 1.807) is 37.6 Å². The first-order valence-electron chi connectivity index (χ1n) is 12.7. The molecule has 2 aromatic carbocycles. The smallest absolute Gasteiger partial charge is 0.267 e. The minimum atomic E-state index is -1.14. The summed E-state index contributed by atoms with van der Waals surface area (Å²) in [5.74, 6) is 7.21. The number of aliphatic hydroxyl groups is 1. The van der Waals surface area contributed by atoms with E-state index in [4.69, 9.17) is 10.7 Å². The van der Waals surface area contributed by atoms with E-state index >= 15 is 0 Å². The first-order valence-corrected chi connectivity index (χ1v) is 12.7. The van der Waals surface area contributed by atoms with Crippen molar-refractivity contribution in [3.8, 4) is 17.5 Å². The zero-order valence-corrected chi connectivity index (χ0v) is 23.4. The first kappa shape index (κ1) is 29.8. The van der Waals surface area contributed by atoms with E-state index in [2.05, 4.69) is 34.2 Å². The highest BCUT2D eigenvalue weighted by molar-refractivity contribution is 5.89. The van der Waals surface area contributed by atoms with Crippen LogP contribution in [0.4, 0.5) is 11.6 Å². The van der Waals surface area contributed by atoms with Crippen molar-refractivity contribution in [3.05, 3.63) is 88.5 Å². The summed E-state index contributed by atoms with van der Waals surface area (Å²) in [5, 5.41) is 20.4. The van der Waals surface area contributed by atoms with Crippen molar-refractivity contribution in [1.29, 1.82) is 0 Å². The van der Waals surface area contributed by atoms with Crippen LogP contribution in [0.3, 0.4) is 0 Å². The molecule has 0 saturated carbocycles. The zero-order chi connectivity index (χ0) is 29.4. The number of benzene rings is 2. The number of aldehydes is 1. The van der Waals surface area contributed by atoms with Gasteiger partial charge in [0.1, 0.15) is 22.8 Å². The number of hydrogen-bond acceptors (Lipinski definition) is 8. The van der Waals surface area contributed by atoms with E-state index in [1.165, 1.54) is 4.68 Å². The number of aromatic nitrogens is 4. The van der Waals surface area contributed by atoms with Crippen molar-refractivity contribution < 1.29 is 9.90 Å². The molecule has 0 fully saturated rings. The number of nitrogen functional groups attached to an aromatic ring is 1. The molecule has 10 nitrogen and oxygen atoms in total. The van der Waals surface area contributed by atoms with Gasteiger partial charge in [-0.05, 0) is 52.1 Å². The molecule has 0 aliphatic rings. The Bertz CT molecular complexity index is 1620. The SMILES string of the molecule is C=CCNc1c(C=O)c(N)nn1C.CNC(C)c1nc2cccc(C#CC(C)(C)O)c2c(=O)n1-c1ccccc1. The molecular formula is C30H35N7O3. The summed E-state index contributed by atoms with van der Waals surface area (Å²) in [6.45, 7) is 9.31. The molecule has 0 aliphatic heterocycles. The summed E-state index contributed by atoms with van der Waals surface area (Å²) < 4.78 is 3.15. The summed E-state index contributed by atoms with van der Waals surface area (Å²) in [4.78, 5) is 28.9. The van der Waals surface area contributed by atoms with Crippen LogP contribution in [0, 0.1) is 11.8 Å². The molecule has 0 radical (unpaired) electrons. The largest absolute Gasteiger partial charge is 0.382 e. The molecule has 0 aliphatic carbocycles. The number of carbonyl (C=O) groups is 1. The molecule has 0 spiro atoms. The molecule has 5 N–H and O–H groups in total. The maximum Gasteiger partial charge on any atom is 0.267 e. The summed E-state index contributed by atoms with van der Waals surface area (Å²) in [5.41, 5.74) is 6.46. The Morgan fingerprint density at radius 3 is 2.50 bits per heavy atom. The number of nitrogens with one attached hydrogen (secondary N) is 2. The summed E-state index contributed by atoms with van der Waals surface area (Å²) in [6, 6.07) is 14.7. The Kier molecular flexibility index (Phi) is 9.61. The highest BCUT2D eigenvalue weighted by atomic mass is 16.3. The quantitative estimate of drug-likeness (QED) is 0.159. The predicted molar refractivity (Wildman–Crippen MR) is 160 cm³/mol. The van der Waals surface area contributed by atoms with Crippen molar-refractivity contribution in [2.45, 2.75) is 32.4 Å². The average Bonchev–Trinajstić information content (AvgIpc) is 3.21. The van der Waals surface area contributed by atoms with E-state index in [9.17, 15) is 14.7 Å². The number of aryl methyl sites for hydroxylation is 1. The molecule has 208 valence electrons. The highest BCUT2D eigenvalue weighted by Gasteiger charge is 2.18. The predicted octanol–water partition coefficient (Wildman–Crippen LogP) is 3.20. The maximum absolute atomic E-state index is 13.5. The van der Waals surface area contributed by atoms with Gasteiger partial charge >= 0.3 is 0 Å². The molecule has 1 atom stereocenters. The Morgan fingerprint density at radius 2 is 1.90 bits per heavy atom. The van der Waals surface area contributed by atoms with Crippen molar-refractivity contribution in [2.75, 3.05) is 24.6 Å². The Hall–Kier alpha value is -4.72. The molecule has 0 saturated heterocycles.